The summed E-state index contributed by atoms with van der Waals surface area (Å²) in [5, 5.41) is 8.88. The van der Waals surface area contributed by atoms with E-state index in [1.165, 1.54) is 0 Å². The first kappa shape index (κ1) is 27.1. The third kappa shape index (κ3) is 14.7. The van der Waals surface area contributed by atoms with Crippen molar-refractivity contribution in [2.45, 2.75) is 72.6 Å². The number of carboxylic acids is 1. The maximum absolute atomic E-state index is 12.1. The third-order valence-corrected chi connectivity index (χ3v) is 5.09. The van der Waals surface area contributed by atoms with Gasteiger partial charge in [-0.15, -0.1) is 0 Å². The molecule has 0 saturated heterocycles. The first-order chi connectivity index (χ1) is 14.6. The Hall–Kier alpha value is -1.92. The minimum atomic E-state index is -0.751. The molecule has 0 aliphatic carbocycles. The zero-order chi connectivity index (χ0) is 23.2. The number of aliphatic carboxylic acids is 1. The van der Waals surface area contributed by atoms with Crippen molar-refractivity contribution >= 4 is 11.9 Å². The Morgan fingerprint density at radius 2 is 1.26 bits per heavy atom. The molecule has 0 bridgehead atoms. The van der Waals surface area contributed by atoms with Crippen LogP contribution in [0.25, 0.3) is 0 Å². The molecule has 176 valence electrons. The van der Waals surface area contributed by atoms with Gasteiger partial charge in [0.1, 0.15) is 5.75 Å². The molecule has 1 aromatic rings. The van der Waals surface area contributed by atoms with Crippen LogP contribution >= 0.6 is 0 Å². The van der Waals surface area contributed by atoms with Gasteiger partial charge in [0, 0.05) is 26.4 Å². The molecular weight excluding hydrogens is 396 g/mol. The third-order valence-electron chi connectivity index (χ3n) is 5.09. The molecule has 1 rings (SSSR count). The molecule has 1 N–H and O–H groups in total. The van der Waals surface area contributed by atoms with Gasteiger partial charge in [0.15, 0.2) is 0 Å². The number of hydrogen-bond donors (Lipinski definition) is 1. The van der Waals surface area contributed by atoms with E-state index in [0.717, 1.165) is 32.1 Å². The van der Waals surface area contributed by atoms with E-state index in [9.17, 15) is 9.59 Å². The van der Waals surface area contributed by atoms with Crippen LogP contribution in [0.5, 0.6) is 5.75 Å². The molecule has 0 aliphatic heterocycles. The molecule has 6 nitrogen and oxygen atoms in total. The number of esters is 1. The van der Waals surface area contributed by atoms with Crippen LogP contribution < -0.4 is 4.74 Å². The predicted octanol–water partition coefficient (Wildman–Crippen LogP) is 5.49. The number of carbonyl (C=O) groups is 2. The number of hydrogen-bond acceptors (Lipinski definition) is 5. The molecule has 0 saturated carbocycles. The monoisotopic (exact) mass is 436 g/mol. The van der Waals surface area contributed by atoms with Crippen molar-refractivity contribution in [3.05, 3.63) is 30.3 Å². The van der Waals surface area contributed by atoms with Crippen molar-refractivity contribution in [3.63, 3.8) is 0 Å². The molecule has 0 amide bonds. The summed E-state index contributed by atoms with van der Waals surface area (Å²) in [6, 6.07) is 9.14. The van der Waals surface area contributed by atoms with E-state index in [2.05, 4.69) is 13.8 Å². The van der Waals surface area contributed by atoms with Gasteiger partial charge in [-0.1, -0.05) is 45.9 Å². The summed E-state index contributed by atoms with van der Waals surface area (Å²) in [6.07, 6.45) is 4.88. The van der Waals surface area contributed by atoms with Crippen molar-refractivity contribution in [2.24, 2.45) is 10.8 Å². The maximum Gasteiger partial charge on any atom is 0.311 e. The van der Waals surface area contributed by atoms with Crippen LogP contribution in [0.3, 0.4) is 0 Å². The maximum atomic E-state index is 12.1. The molecular formula is C25H40O6. The highest BCUT2D eigenvalue weighted by Crippen LogP contribution is 2.28. The zero-order valence-electron chi connectivity index (χ0n) is 19.7. The molecule has 31 heavy (non-hydrogen) atoms. The molecule has 6 heteroatoms. The quantitative estimate of drug-likeness (QED) is 0.197. The van der Waals surface area contributed by atoms with Crippen LogP contribution in [0.15, 0.2) is 30.3 Å². The molecule has 0 aliphatic rings. The average molecular weight is 437 g/mol. The van der Waals surface area contributed by atoms with Crippen molar-refractivity contribution in [1.29, 1.82) is 0 Å². The molecule has 1 aromatic carbocycles. The normalized spacial score (nSPS) is 12.0. The van der Waals surface area contributed by atoms with Crippen molar-refractivity contribution in [3.8, 4) is 5.75 Å². The lowest BCUT2D eigenvalue weighted by atomic mass is 9.84. The SMILES string of the molecule is CC(C)(CCCOCCCOCCCC(C)(C)CC(=O)Oc1ccccc1)CC(=O)O. The first-order valence-electron chi connectivity index (χ1n) is 11.2. The second-order valence-corrected chi connectivity index (χ2v) is 9.65. The number of benzene rings is 1. The fourth-order valence-corrected chi connectivity index (χ4v) is 3.41. The number of ether oxygens (including phenoxy) is 3. The average Bonchev–Trinajstić information content (AvgIpc) is 2.65. The minimum Gasteiger partial charge on any atom is -0.481 e. The second-order valence-electron chi connectivity index (χ2n) is 9.65. The van der Waals surface area contributed by atoms with Gasteiger partial charge in [0.05, 0.1) is 12.8 Å². The van der Waals surface area contributed by atoms with E-state index in [1.54, 1.807) is 12.1 Å². The zero-order valence-corrected chi connectivity index (χ0v) is 19.7. The largest absolute Gasteiger partial charge is 0.481 e. The van der Waals surface area contributed by atoms with Crippen LogP contribution in [0.1, 0.15) is 72.6 Å². The fraction of sp³-hybridized carbons (Fsp3) is 0.680. The molecule has 0 spiro atoms. The molecule has 0 radical (unpaired) electrons. The summed E-state index contributed by atoms with van der Waals surface area (Å²) in [5.74, 6) is -0.378. The van der Waals surface area contributed by atoms with Crippen molar-refractivity contribution in [1.82, 2.24) is 0 Å². The molecule has 0 aromatic heterocycles. The number of rotatable bonds is 17. The Kier molecular flexibility index (Phi) is 12.4. The van der Waals surface area contributed by atoms with Crippen molar-refractivity contribution < 1.29 is 28.9 Å². The Morgan fingerprint density at radius 1 is 0.774 bits per heavy atom. The van der Waals surface area contributed by atoms with Crippen molar-refractivity contribution in [2.75, 3.05) is 26.4 Å². The van der Waals surface area contributed by atoms with E-state index in [0.29, 0.717) is 38.6 Å². The smallest absolute Gasteiger partial charge is 0.311 e. The van der Waals surface area contributed by atoms with Crippen LogP contribution in [0.2, 0.25) is 0 Å². The lowest BCUT2D eigenvalue weighted by molar-refractivity contribution is -0.139. The summed E-state index contributed by atoms with van der Waals surface area (Å²) >= 11 is 0. The minimum absolute atomic E-state index is 0.132. The first-order valence-corrected chi connectivity index (χ1v) is 11.2. The standard InChI is InChI=1S/C25H40O6/c1-24(2,19-22(26)27)13-8-15-29-17-10-18-30-16-9-14-25(3,4)20-23(28)31-21-11-6-5-7-12-21/h5-7,11-12H,8-10,13-20H2,1-4H3,(H,26,27). The second kappa shape index (κ2) is 14.2. The lowest BCUT2D eigenvalue weighted by Gasteiger charge is -2.23. The molecule has 0 heterocycles. The van der Waals surface area contributed by atoms with Crippen LogP contribution in [0.4, 0.5) is 0 Å². The number of para-hydroxylation sites is 1. The number of carboxylic acid groups (broad SMARTS) is 1. The van der Waals surface area contributed by atoms with Gasteiger partial charge in [-0.2, -0.15) is 0 Å². The summed E-state index contributed by atoms with van der Waals surface area (Å²) in [6.45, 7) is 10.7. The van der Waals surface area contributed by atoms with E-state index >= 15 is 0 Å². The van der Waals surface area contributed by atoms with Crippen LogP contribution in [0, 0.1) is 10.8 Å². The van der Waals surface area contributed by atoms with E-state index < -0.39 is 5.97 Å². The Morgan fingerprint density at radius 3 is 1.77 bits per heavy atom. The highest BCUT2D eigenvalue weighted by Gasteiger charge is 2.23. The van der Waals surface area contributed by atoms with Crippen LogP contribution in [-0.4, -0.2) is 43.5 Å². The van der Waals surface area contributed by atoms with E-state index in [-0.39, 0.29) is 23.2 Å². The lowest BCUT2D eigenvalue weighted by Crippen LogP contribution is -2.21. The van der Waals surface area contributed by atoms with Gasteiger partial charge >= 0.3 is 11.9 Å². The summed E-state index contributed by atoms with van der Waals surface area (Å²) in [7, 11) is 0. The Labute approximate surface area is 187 Å². The van der Waals surface area contributed by atoms with Gasteiger partial charge in [0.2, 0.25) is 0 Å². The number of carbonyl (C=O) groups excluding carboxylic acids is 1. The Balaban J connectivity index is 2.00. The van der Waals surface area contributed by atoms with E-state index in [4.69, 9.17) is 19.3 Å². The highest BCUT2D eigenvalue weighted by atomic mass is 16.5. The van der Waals surface area contributed by atoms with Gasteiger partial charge < -0.3 is 19.3 Å². The van der Waals surface area contributed by atoms with E-state index in [1.807, 2.05) is 32.0 Å². The molecule has 0 atom stereocenters. The fourth-order valence-electron chi connectivity index (χ4n) is 3.41. The van der Waals surface area contributed by atoms with Gasteiger partial charge in [-0.25, -0.2) is 0 Å². The molecule has 0 unspecified atom stereocenters. The van der Waals surface area contributed by atoms with Crippen LogP contribution in [-0.2, 0) is 19.1 Å². The summed E-state index contributed by atoms with van der Waals surface area (Å²) < 4.78 is 16.7. The Bertz CT molecular complexity index is 639. The van der Waals surface area contributed by atoms with Gasteiger partial charge in [0.25, 0.3) is 0 Å². The summed E-state index contributed by atoms with van der Waals surface area (Å²) in [4.78, 5) is 22.9. The van der Waals surface area contributed by atoms with Gasteiger partial charge in [-0.3, -0.25) is 9.59 Å². The highest BCUT2D eigenvalue weighted by molar-refractivity contribution is 5.73. The predicted molar refractivity (Wildman–Crippen MR) is 121 cm³/mol. The van der Waals surface area contributed by atoms with Gasteiger partial charge in [-0.05, 0) is 55.1 Å². The summed E-state index contributed by atoms with van der Waals surface area (Å²) in [5.41, 5.74) is -0.322. The molecule has 0 fully saturated rings. The topological polar surface area (TPSA) is 82.1 Å².